The molecule has 0 radical (unpaired) electrons. The van der Waals surface area contributed by atoms with Crippen molar-refractivity contribution in [2.45, 2.75) is 30.7 Å². The fraction of sp³-hybridized carbons (Fsp3) is 0.500. The van der Waals surface area contributed by atoms with E-state index in [1.54, 1.807) is 0 Å². The Balaban J connectivity index is 2.28. The Kier molecular flexibility index (Phi) is 4.07. The third-order valence-electron chi connectivity index (χ3n) is 3.15. The Morgan fingerprint density at radius 3 is 2.63 bits per heavy atom. The summed E-state index contributed by atoms with van der Waals surface area (Å²) in [6.07, 6.45) is 1.23. The van der Waals surface area contributed by atoms with E-state index in [1.807, 2.05) is 0 Å². The lowest BCUT2D eigenvalue weighted by molar-refractivity contribution is 0.0832. The summed E-state index contributed by atoms with van der Waals surface area (Å²) < 4.78 is 45.8. The molecule has 2 rings (SSSR count). The first-order valence-corrected chi connectivity index (χ1v) is 7.54. The summed E-state index contributed by atoms with van der Waals surface area (Å²) in [5.41, 5.74) is 5.68. The van der Waals surface area contributed by atoms with Gasteiger partial charge >= 0.3 is 0 Å². The quantitative estimate of drug-likeness (QED) is 0.818. The van der Waals surface area contributed by atoms with E-state index in [4.69, 9.17) is 10.5 Å². The zero-order chi connectivity index (χ0) is 14.0. The van der Waals surface area contributed by atoms with E-state index in [-0.39, 0.29) is 22.2 Å². The molecule has 0 saturated carbocycles. The number of ether oxygens (including phenoxy) is 1. The standard InChI is InChI=1S/C12H17FN2O3S/c1-8-11(13)6-9(14)7-12(8)19(16,17)15-10-2-4-18-5-3-10/h6-7,10,15H,2-5,14H2,1H3. The SMILES string of the molecule is Cc1c(F)cc(N)cc1S(=O)(=O)NC1CCOCC1. The minimum atomic E-state index is -3.76. The molecule has 106 valence electrons. The van der Waals surface area contributed by atoms with Crippen LogP contribution in [0.25, 0.3) is 0 Å². The number of hydrogen-bond donors (Lipinski definition) is 2. The van der Waals surface area contributed by atoms with E-state index in [2.05, 4.69) is 4.72 Å². The fourth-order valence-electron chi connectivity index (χ4n) is 2.05. The minimum Gasteiger partial charge on any atom is -0.399 e. The summed E-state index contributed by atoms with van der Waals surface area (Å²) >= 11 is 0. The van der Waals surface area contributed by atoms with E-state index in [0.29, 0.717) is 26.1 Å². The highest BCUT2D eigenvalue weighted by molar-refractivity contribution is 7.89. The normalized spacial score (nSPS) is 17.6. The van der Waals surface area contributed by atoms with Crippen LogP contribution >= 0.6 is 0 Å². The Morgan fingerprint density at radius 1 is 1.37 bits per heavy atom. The van der Waals surface area contributed by atoms with Crippen LogP contribution in [0, 0.1) is 12.7 Å². The number of anilines is 1. The minimum absolute atomic E-state index is 0.0776. The van der Waals surface area contributed by atoms with Crippen molar-refractivity contribution in [3.63, 3.8) is 0 Å². The number of sulfonamides is 1. The zero-order valence-corrected chi connectivity index (χ0v) is 11.5. The van der Waals surface area contributed by atoms with E-state index >= 15 is 0 Å². The molecular formula is C12H17FN2O3S. The lowest BCUT2D eigenvalue weighted by Gasteiger charge is -2.23. The highest BCUT2D eigenvalue weighted by Crippen LogP contribution is 2.22. The fourth-order valence-corrected chi connectivity index (χ4v) is 3.64. The molecule has 0 atom stereocenters. The average molecular weight is 288 g/mol. The van der Waals surface area contributed by atoms with Crippen LogP contribution in [-0.4, -0.2) is 27.7 Å². The molecule has 7 heteroatoms. The predicted octanol–water partition coefficient (Wildman–Crippen LogP) is 1.17. The van der Waals surface area contributed by atoms with Gasteiger partial charge in [-0.15, -0.1) is 0 Å². The maximum atomic E-state index is 13.6. The average Bonchev–Trinajstić information content (AvgIpc) is 2.34. The van der Waals surface area contributed by atoms with E-state index < -0.39 is 15.8 Å². The number of nitrogen functional groups attached to an aromatic ring is 1. The molecule has 0 unspecified atom stereocenters. The second-order valence-electron chi connectivity index (χ2n) is 4.63. The Bertz CT molecular complexity index is 569. The van der Waals surface area contributed by atoms with Crippen LogP contribution in [0.5, 0.6) is 0 Å². The zero-order valence-electron chi connectivity index (χ0n) is 10.6. The first kappa shape index (κ1) is 14.2. The van der Waals surface area contributed by atoms with Crippen molar-refractivity contribution in [3.05, 3.63) is 23.5 Å². The molecule has 19 heavy (non-hydrogen) atoms. The Hall–Kier alpha value is -1.18. The highest BCUT2D eigenvalue weighted by Gasteiger charge is 2.24. The molecular weight excluding hydrogens is 271 g/mol. The molecule has 0 aliphatic carbocycles. The summed E-state index contributed by atoms with van der Waals surface area (Å²) in [5, 5.41) is 0. The number of nitrogens with one attached hydrogen (secondary N) is 1. The van der Waals surface area contributed by atoms with Crippen LogP contribution in [0.4, 0.5) is 10.1 Å². The predicted molar refractivity (Wildman–Crippen MR) is 69.7 cm³/mol. The number of benzene rings is 1. The lowest BCUT2D eigenvalue weighted by atomic mass is 10.1. The largest absolute Gasteiger partial charge is 0.399 e. The second kappa shape index (κ2) is 5.44. The number of rotatable bonds is 3. The van der Waals surface area contributed by atoms with Gasteiger partial charge in [-0.1, -0.05) is 0 Å². The first-order chi connectivity index (χ1) is 8.90. The van der Waals surface area contributed by atoms with Crippen LogP contribution in [0.15, 0.2) is 17.0 Å². The van der Waals surface area contributed by atoms with Crippen molar-refractivity contribution in [2.24, 2.45) is 0 Å². The third kappa shape index (κ3) is 3.23. The molecule has 1 aliphatic rings. The lowest BCUT2D eigenvalue weighted by Crippen LogP contribution is -2.39. The molecule has 0 spiro atoms. The summed E-state index contributed by atoms with van der Waals surface area (Å²) in [4.78, 5) is -0.100. The van der Waals surface area contributed by atoms with Crippen molar-refractivity contribution in [2.75, 3.05) is 18.9 Å². The Labute approximate surface area is 112 Å². The maximum absolute atomic E-state index is 13.6. The molecule has 1 heterocycles. The summed E-state index contributed by atoms with van der Waals surface area (Å²) in [6.45, 7) is 2.47. The van der Waals surface area contributed by atoms with Gasteiger partial charge in [0, 0.05) is 30.5 Å². The van der Waals surface area contributed by atoms with Crippen molar-refractivity contribution >= 4 is 15.7 Å². The molecule has 5 nitrogen and oxygen atoms in total. The molecule has 3 N–H and O–H groups in total. The van der Waals surface area contributed by atoms with E-state index in [1.165, 1.54) is 13.0 Å². The molecule has 1 saturated heterocycles. The van der Waals surface area contributed by atoms with Gasteiger partial charge in [0.15, 0.2) is 0 Å². The molecule has 1 fully saturated rings. The van der Waals surface area contributed by atoms with Crippen LogP contribution in [0.3, 0.4) is 0 Å². The van der Waals surface area contributed by atoms with Crippen molar-refractivity contribution < 1.29 is 17.5 Å². The summed E-state index contributed by atoms with van der Waals surface area (Å²) in [5.74, 6) is -0.618. The molecule has 0 amide bonds. The highest BCUT2D eigenvalue weighted by atomic mass is 32.2. The van der Waals surface area contributed by atoms with Crippen LogP contribution in [-0.2, 0) is 14.8 Å². The second-order valence-corrected chi connectivity index (χ2v) is 6.32. The molecule has 0 bridgehead atoms. The molecule has 1 aromatic rings. The van der Waals surface area contributed by atoms with Gasteiger partial charge in [0.05, 0.1) is 4.90 Å². The molecule has 1 aliphatic heterocycles. The monoisotopic (exact) mass is 288 g/mol. The maximum Gasteiger partial charge on any atom is 0.241 e. The van der Waals surface area contributed by atoms with Crippen molar-refractivity contribution in [3.8, 4) is 0 Å². The topological polar surface area (TPSA) is 81.4 Å². The molecule has 0 aromatic heterocycles. The number of nitrogens with two attached hydrogens (primary N) is 1. The van der Waals surface area contributed by atoms with Crippen molar-refractivity contribution in [1.29, 1.82) is 0 Å². The smallest absolute Gasteiger partial charge is 0.241 e. The van der Waals surface area contributed by atoms with Crippen LogP contribution in [0.2, 0.25) is 0 Å². The van der Waals surface area contributed by atoms with Gasteiger partial charge in [0.2, 0.25) is 10.0 Å². The van der Waals surface area contributed by atoms with Crippen molar-refractivity contribution in [1.82, 2.24) is 4.72 Å². The summed E-state index contributed by atoms with van der Waals surface area (Å²) in [7, 11) is -3.76. The Morgan fingerprint density at radius 2 is 2.00 bits per heavy atom. The van der Waals surface area contributed by atoms with Gasteiger partial charge in [0.1, 0.15) is 5.82 Å². The van der Waals surface area contributed by atoms with E-state index in [0.717, 1.165) is 6.07 Å². The molecule has 1 aromatic carbocycles. The number of halogens is 1. The third-order valence-corrected chi connectivity index (χ3v) is 4.80. The summed E-state index contributed by atoms with van der Waals surface area (Å²) in [6, 6.07) is 2.21. The van der Waals surface area contributed by atoms with Gasteiger partial charge < -0.3 is 10.5 Å². The van der Waals surface area contributed by atoms with Gasteiger partial charge in [-0.05, 0) is 31.9 Å². The van der Waals surface area contributed by atoms with Crippen LogP contribution in [0.1, 0.15) is 18.4 Å². The number of hydrogen-bond acceptors (Lipinski definition) is 4. The van der Waals surface area contributed by atoms with E-state index in [9.17, 15) is 12.8 Å². The van der Waals surface area contributed by atoms with Crippen LogP contribution < -0.4 is 10.5 Å². The van der Waals surface area contributed by atoms with Gasteiger partial charge in [-0.2, -0.15) is 0 Å². The van der Waals surface area contributed by atoms with Gasteiger partial charge in [0.25, 0.3) is 0 Å². The first-order valence-electron chi connectivity index (χ1n) is 6.06. The van der Waals surface area contributed by atoms with Gasteiger partial charge in [-0.3, -0.25) is 0 Å². The van der Waals surface area contributed by atoms with Gasteiger partial charge in [-0.25, -0.2) is 17.5 Å².